The third kappa shape index (κ3) is 4.08. The molecule has 7 heteroatoms. The van der Waals surface area contributed by atoms with Gasteiger partial charge in [0.2, 0.25) is 5.91 Å². The van der Waals surface area contributed by atoms with Crippen molar-refractivity contribution >= 4 is 5.91 Å². The number of carbonyl (C=O) groups excluding carboxylic acids is 1. The van der Waals surface area contributed by atoms with Gasteiger partial charge in [-0.2, -0.15) is 5.10 Å². The van der Waals surface area contributed by atoms with Gasteiger partial charge in [0.05, 0.1) is 13.2 Å². The molecular formula is C11H19N5O2. The molecule has 7 nitrogen and oxygen atoms in total. The van der Waals surface area contributed by atoms with Gasteiger partial charge in [-0.3, -0.25) is 9.48 Å². The minimum Gasteiger partial charge on any atom is -0.378 e. The van der Waals surface area contributed by atoms with Crippen LogP contribution >= 0.6 is 0 Å². The highest BCUT2D eigenvalue weighted by Crippen LogP contribution is 1.98. The van der Waals surface area contributed by atoms with Gasteiger partial charge in [0.15, 0.2) is 5.82 Å². The number of rotatable bonds is 5. The molecule has 2 rings (SSSR count). The van der Waals surface area contributed by atoms with Crippen LogP contribution in [0.15, 0.2) is 6.33 Å². The molecule has 100 valence electrons. The average Bonchev–Trinajstić information content (AvgIpc) is 2.76. The predicted octanol–water partition coefficient (Wildman–Crippen LogP) is -1.15. The van der Waals surface area contributed by atoms with Crippen LogP contribution in [0.1, 0.15) is 12.2 Å². The molecular weight excluding hydrogens is 234 g/mol. The molecule has 1 aromatic heterocycles. The van der Waals surface area contributed by atoms with E-state index in [1.54, 1.807) is 11.0 Å². The molecule has 0 saturated carbocycles. The van der Waals surface area contributed by atoms with Crippen molar-refractivity contribution in [3.8, 4) is 0 Å². The number of carbonyl (C=O) groups is 1. The lowest BCUT2D eigenvalue weighted by Gasteiger charge is -2.23. The van der Waals surface area contributed by atoms with Gasteiger partial charge in [-0.05, 0) is 0 Å². The van der Waals surface area contributed by atoms with Gasteiger partial charge >= 0.3 is 0 Å². The summed E-state index contributed by atoms with van der Waals surface area (Å²) >= 11 is 0. The maximum atomic E-state index is 11.7. The van der Waals surface area contributed by atoms with Crippen LogP contribution in [0.2, 0.25) is 0 Å². The number of aromatic nitrogens is 3. The number of aryl methyl sites for hydroxylation is 1. The van der Waals surface area contributed by atoms with Gasteiger partial charge in [-0.1, -0.05) is 0 Å². The van der Waals surface area contributed by atoms with Crippen LogP contribution < -0.4 is 10.6 Å². The van der Waals surface area contributed by atoms with E-state index in [2.05, 4.69) is 20.7 Å². The smallest absolute Gasteiger partial charge is 0.221 e. The zero-order valence-corrected chi connectivity index (χ0v) is 10.6. The molecule has 0 aliphatic carbocycles. The lowest BCUT2D eigenvalue weighted by molar-refractivity contribution is -0.122. The Morgan fingerprint density at radius 2 is 2.61 bits per heavy atom. The van der Waals surface area contributed by atoms with Crippen LogP contribution in [-0.2, 0) is 23.0 Å². The van der Waals surface area contributed by atoms with E-state index in [4.69, 9.17) is 4.74 Å². The highest BCUT2D eigenvalue weighted by Gasteiger charge is 2.16. The molecule has 1 aliphatic rings. The number of morpholine rings is 1. The Labute approximate surface area is 106 Å². The molecule has 2 N–H and O–H groups in total. The highest BCUT2D eigenvalue weighted by atomic mass is 16.5. The first-order valence-corrected chi connectivity index (χ1v) is 6.16. The van der Waals surface area contributed by atoms with Crippen molar-refractivity contribution in [3.63, 3.8) is 0 Å². The molecule has 18 heavy (non-hydrogen) atoms. The first kappa shape index (κ1) is 13.0. The van der Waals surface area contributed by atoms with Crippen molar-refractivity contribution in [2.45, 2.75) is 18.9 Å². The summed E-state index contributed by atoms with van der Waals surface area (Å²) in [6.07, 6.45) is 2.76. The van der Waals surface area contributed by atoms with Gasteiger partial charge in [0.1, 0.15) is 6.33 Å². The third-order valence-corrected chi connectivity index (χ3v) is 2.75. The monoisotopic (exact) mass is 253 g/mol. The molecule has 1 unspecified atom stereocenters. The van der Waals surface area contributed by atoms with Crippen LogP contribution in [0, 0.1) is 0 Å². The van der Waals surface area contributed by atoms with E-state index >= 15 is 0 Å². The molecule has 1 saturated heterocycles. The van der Waals surface area contributed by atoms with E-state index in [-0.39, 0.29) is 11.9 Å². The molecule has 1 amide bonds. The van der Waals surface area contributed by atoms with Gasteiger partial charge in [-0.25, -0.2) is 4.98 Å². The zero-order valence-electron chi connectivity index (χ0n) is 10.6. The largest absolute Gasteiger partial charge is 0.378 e. The Balaban J connectivity index is 1.62. The van der Waals surface area contributed by atoms with Crippen LogP contribution in [-0.4, -0.2) is 53.0 Å². The highest BCUT2D eigenvalue weighted by molar-refractivity contribution is 5.76. The zero-order chi connectivity index (χ0) is 12.8. The number of nitrogens with zero attached hydrogens (tertiary/aromatic N) is 3. The molecule has 1 fully saturated rings. The molecule has 2 heterocycles. The molecule has 1 atom stereocenters. The van der Waals surface area contributed by atoms with Crippen LogP contribution in [0.3, 0.4) is 0 Å². The number of hydrogen-bond donors (Lipinski definition) is 2. The normalized spacial score (nSPS) is 19.7. The van der Waals surface area contributed by atoms with Crippen molar-refractivity contribution in [2.75, 3.05) is 26.3 Å². The summed E-state index contributed by atoms with van der Waals surface area (Å²) in [6.45, 7) is 2.71. The fourth-order valence-electron chi connectivity index (χ4n) is 1.86. The Morgan fingerprint density at radius 1 is 1.72 bits per heavy atom. The van der Waals surface area contributed by atoms with Gasteiger partial charge < -0.3 is 15.4 Å². The van der Waals surface area contributed by atoms with Crippen molar-refractivity contribution < 1.29 is 9.53 Å². The minimum absolute atomic E-state index is 0.0360. The van der Waals surface area contributed by atoms with Crippen molar-refractivity contribution in [3.05, 3.63) is 12.2 Å². The third-order valence-electron chi connectivity index (χ3n) is 2.75. The van der Waals surface area contributed by atoms with E-state index in [0.717, 1.165) is 19.0 Å². The van der Waals surface area contributed by atoms with Crippen LogP contribution in [0.5, 0.6) is 0 Å². The summed E-state index contributed by atoms with van der Waals surface area (Å²) in [4.78, 5) is 15.8. The van der Waals surface area contributed by atoms with Crippen molar-refractivity contribution in [1.82, 2.24) is 25.4 Å². The maximum absolute atomic E-state index is 11.7. The lowest BCUT2D eigenvalue weighted by atomic mass is 10.2. The van der Waals surface area contributed by atoms with Gasteiger partial charge in [0.25, 0.3) is 0 Å². The average molecular weight is 253 g/mol. The van der Waals surface area contributed by atoms with Gasteiger partial charge in [0, 0.05) is 39.0 Å². The fraction of sp³-hybridized carbons (Fsp3) is 0.727. The van der Waals surface area contributed by atoms with E-state index in [9.17, 15) is 4.79 Å². The molecule has 0 aromatic carbocycles. The predicted molar refractivity (Wildman–Crippen MR) is 64.9 cm³/mol. The Morgan fingerprint density at radius 3 is 3.28 bits per heavy atom. The van der Waals surface area contributed by atoms with Crippen molar-refractivity contribution in [2.24, 2.45) is 7.05 Å². The topological polar surface area (TPSA) is 81.1 Å². The summed E-state index contributed by atoms with van der Waals surface area (Å²) in [5.41, 5.74) is 0. The van der Waals surface area contributed by atoms with E-state index < -0.39 is 0 Å². The Hall–Kier alpha value is -1.47. The van der Waals surface area contributed by atoms with Crippen LogP contribution in [0.4, 0.5) is 0 Å². The summed E-state index contributed by atoms with van der Waals surface area (Å²) in [5.74, 6) is 0.783. The standard InChI is InChI=1S/C11H19N5O2/c1-16-8-14-10(15-16)2-3-13-11(17)6-9-7-18-5-4-12-9/h8-9,12H,2-7H2,1H3,(H,13,17). The Kier molecular flexibility index (Phi) is 4.66. The number of nitrogens with one attached hydrogen (secondary N) is 2. The van der Waals surface area contributed by atoms with E-state index in [0.29, 0.717) is 26.0 Å². The summed E-state index contributed by atoms with van der Waals surface area (Å²) in [5, 5.41) is 10.3. The van der Waals surface area contributed by atoms with Gasteiger partial charge in [-0.15, -0.1) is 0 Å². The Bertz CT molecular complexity index is 387. The maximum Gasteiger partial charge on any atom is 0.221 e. The molecule has 1 aromatic rings. The second-order valence-electron chi connectivity index (χ2n) is 4.36. The van der Waals surface area contributed by atoms with Crippen LogP contribution in [0.25, 0.3) is 0 Å². The lowest BCUT2D eigenvalue weighted by Crippen LogP contribution is -2.44. The second-order valence-corrected chi connectivity index (χ2v) is 4.36. The minimum atomic E-state index is 0.0360. The summed E-state index contributed by atoms with van der Waals surface area (Å²) in [6, 6.07) is 0.131. The molecule has 1 aliphatic heterocycles. The summed E-state index contributed by atoms with van der Waals surface area (Å²) < 4.78 is 6.95. The van der Waals surface area contributed by atoms with E-state index in [1.807, 2.05) is 7.05 Å². The summed E-state index contributed by atoms with van der Waals surface area (Å²) in [7, 11) is 1.82. The fourth-order valence-corrected chi connectivity index (χ4v) is 1.86. The first-order valence-electron chi connectivity index (χ1n) is 6.16. The van der Waals surface area contributed by atoms with E-state index in [1.165, 1.54) is 0 Å². The molecule has 0 bridgehead atoms. The number of ether oxygens (including phenoxy) is 1. The van der Waals surface area contributed by atoms with Crippen molar-refractivity contribution in [1.29, 1.82) is 0 Å². The first-order chi connectivity index (χ1) is 8.74. The molecule has 0 spiro atoms. The number of amides is 1. The SMILES string of the molecule is Cn1cnc(CCNC(=O)CC2COCCN2)n1. The number of hydrogen-bond acceptors (Lipinski definition) is 5. The quantitative estimate of drug-likeness (QED) is 0.693. The molecule has 0 radical (unpaired) electrons. The second kappa shape index (κ2) is 6.46.